The molecule has 5 heteroatoms. The fourth-order valence-electron chi connectivity index (χ4n) is 2.54. The normalized spacial score (nSPS) is 10.5. The first-order valence-corrected chi connectivity index (χ1v) is 7.72. The Bertz CT molecular complexity index is 869. The summed E-state index contributed by atoms with van der Waals surface area (Å²) in [6, 6.07) is 17.1. The molecule has 0 saturated carbocycles. The first-order valence-electron chi connectivity index (χ1n) is 7.72. The number of para-hydroxylation sites is 1. The lowest BCUT2D eigenvalue weighted by molar-refractivity contribution is -0.121. The van der Waals surface area contributed by atoms with E-state index in [1.54, 1.807) is 0 Å². The van der Waals surface area contributed by atoms with E-state index in [0.717, 1.165) is 10.9 Å². The summed E-state index contributed by atoms with van der Waals surface area (Å²) < 4.78 is 5.75. The topological polar surface area (TPSA) is 71.3 Å². The van der Waals surface area contributed by atoms with Crippen molar-refractivity contribution in [1.29, 1.82) is 0 Å². The van der Waals surface area contributed by atoms with Crippen molar-refractivity contribution in [2.75, 3.05) is 5.32 Å². The van der Waals surface area contributed by atoms with Crippen LogP contribution in [0.5, 0.6) is 0 Å². The lowest BCUT2D eigenvalue weighted by atomic mass is 10.2. The van der Waals surface area contributed by atoms with Crippen LogP contribution in [-0.2, 0) is 22.6 Å². The molecule has 3 aromatic rings. The number of carbonyl (C=O) groups is 2. The lowest BCUT2D eigenvalue weighted by Crippen LogP contribution is -2.24. The average molecular weight is 322 g/mol. The van der Waals surface area contributed by atoms with Gasteiger partial charge in [0.1, 0.15) is 11.3 Å². The number of carbonyl (C=O) groups excluding carboxylic acids is 2. The van der Waals surface area contributed by atoms with Crippen molar-refractivity contribution in [3.05, 3.63) is 65.9 Å². The van der Waals surface area contributed by atoms with E-state index in [1.807, 2.05) is 54.6 Å². The Morgan fingerprint density at radius 3 is 2.46 bits per heavy atom. The maximum absolute atomic E-state index is 12.2. The van der Waals surface area contributed by atoms with Gasteiger partial charge in [0, 0.05) is 18.9 Å². The van der Waals surface area contributed by atoms with Gasteiger partial charge < -0.3 is 15.1 Å². The monoisotopic (exact) mass is 322 g/mol. The number of fused-ring (bicyclic) bond motifs is 1. The van der Waals surface area contributed by atoms with E-state index in [9.17, 15) is 9.59 Å². The Morgan fingerprint density at radius 2 is 1.71 bits per heavy atom. The van der Waals surface area contributed by atoms with E-state index < -0.39 is 0 Å². The Labute approximate surface area is 139 Å². The molecular formula is C19H18N2O3. The van der Waals surface area contributed by atoms with Crippen LogP contribution < -0.4 is 10.6 Å². The third-order valence-corrected chi connectivity index (χ3v) is 3.62. The molecule has 3 rings (SSSR count). The standard InChI is InChI=1S/C19H18N2O3/c1-13(22)21-19-15-9-5-6-10-16(15)24-17(19)11-18(23)20-12-14-7-3-2-4-8-14/h2-10H,11-12H2,1H3,(H,20,23)(H,21,22). The smallest absolute Gasteiger partial charge is 0.227 e. The molecule has 1 aromatic heterocycles. The highest BCUT2D eigenvalue weighted by Crippen LogP contribution is 2.31. The predicted molar refractivity (Wildman–Crippen MR) is 92.5 cm³/mol. The zero-order chi connectivity index (χ0) is 16.9. The number of benzene rings is 2. The number of hydrogen-bond donors (Lipinski definition) is 2. The molecule has 24 heavy (non-hydrogen) atoms. The number of furan rings is 1. The molecular weight excluding hydrogens is 304 g/mol. The Balaban J connectivity index is 1.76. The van der Waals surface area contributed by atoms with Gasteiger partial charge in [-0.1, -0.05) is 42.5 Å². The second kappa shape index (κ2) is 7.00. The van der Waals surface area contributed by atoms with E-state index >= 15 is 0 Å². The van der Waals surface area contributed by atoms with Gasteiger partial charge in [0.25, 0.3) is 0 Å². The minimum absolute atomic E-state index is 0.0666. The van der Waals surface area contributed by atoms with Crippen molar-refractivity contribution in [3.63, 3.8) is 0 Å². The Morgan fingerprint density at radius 1 is 1.00 bits per heavy atom. The SMILES string of the molecule is CC(=O)Nc1c(CC(=O)NCc2ccccc2)oc2ccccc12. The molecule has 0 aliphatic heterocycles. The van der Waals surface area contributed by atoms with Crippen LogP contribution in [-0.4, -0.2) is 11.8 Å². The summed E-state index contributed by atoms with van der Waals surface area (Å²) in [4.78, 5) is 23.7. The zero-order valence-corrected chi connectivity index (χ0v) is 13.3. The summed E-state index contributed by atoms with van der Waals surface area (Å²) in [5.41, 5.74) is 2.23. The third kappa shape index (κ3) is 3.63. The molecule has 1 heterocycles. The highest BCUT2D eigenvalue weighted by atomic mass is 16.3. The van der Waals surface area contributed by atoms with Crippen molar-refractivity contribution in [2.45, 2.75) is 19.9 Å². The molecule has 5 nitrogen and oxygen atoms in total. The molecule has 0 aliphatic carbocycles. The van der Waals surface area contributed by atoms with Gasteiger partial charge in [-0.05, 0) is 17.7 Å². The van der Waals surface area contributed by atoms with Crippen molar-refractivity contribution in [1.82, 2.24) is 5.32 Å². The lowest BCUT2D eigenvalue weighted by Gasteiger charge is -2.06. The summed E-state index contributed by atoms with van der Waals surface area (Å²) in [5, 5.41) is 6.41. The molecule has 0 aliphatic rings. The largest absolute Gasteiger partial charge is 0.458 e. The molecule has 0 bridgehead atoms. The molecule has 0 fully saturated rings. The van der Waals surface area contributed by atoms with Crippen LogP contribution in [0.15, 0.2) is 59.0 Å². The van der Waals surface area contributed by atoms with Crippen molar-refractivity contribution in [2.24, 2.45) is 0 Å². The molecule has 0 atom stereocenters. The molecule has 0 radical (unpaired) electrons. The van der Waals surface area contributed by atoms with Gasteiger partial charge in [-0.25, -0.2) is 0 Å². The summed E-state index contributed by atoms with van der Waals surface area (Å²) in [7, 11) is 0. The van der Waals surface area contributed by atoms with Gasteiger partial charge >= 0.3 is 0 Å². The van der Waals surface area contributed by atoms with Crippen molar-refractivity contribution >= 4 is 28.5 Å². The van der Waals surface area contributed by atoms with Gasteiger partial charge in [0.2, 0.25) is 11.8 Å². The molecule has 2 amide bonds. The highest BCUT2D eigenvalue weighted by molar-refractivity contribution is 6.02. The molecule has 2 aromatic carbocycles. The van der Waals surface area contributed by atoms with Crippen LogP contribution in [0.4, 0.5) is 5.69 Å². The van der Waals surface area contributed by atoms with E-state index in [2.05, 4.69) is 10.6 Å². The Hall–Kier alpha value is -3.08. The first-order chi connectivity index (χ1) is 11.6. The summed E-state index contributed by atoms with van der Waals surface area (Å²) in [5.74, 6) is 0.0916. The van der Waals surface area contributed by atoms with Crippen LogP contribution in [0.3, 0.4) is 0 Å². The van der Waals surface area contributed by atoms with Gasteiger partial charge in [0.05, 0.1) is 12.1 Å². The number of nitrogens with one attached hydrogen (secondary N) is 2. The number of amides is 2. The van der Waals surface area contributed by atoms with Gasteiger partial charge in [0.15, 0.2) is 0 Å². The summed E-state index contributed by atoms with van der Waals surface area (Å²) >= 11 is 0. The van der Waals surface area contributed by atoms with E-state index in [-0.39, 0.29) is 18.2 Å². The van der Waals surface area contributed by atoms with Crippen LogP contribution in [0.1, 0.15) is 18.2 Å². The van der Waals surface area contributed by atoms with Gasteiger partial charge in [-0.15, -0.1) is 0 Å². The number of anilines is 1. The summed E-state index contributed by atoms with van der Waals surface area (Å²) in [6.45, 7) is 1.89. The predicted octanol–water partition coefficient (Wildman–Crippen LogP) is 3.25. The minimum Gasteiger partial charge on any atom is -0.458 e. The molecule has 0 unspecified atom stereocenters. The molecule has 0 spiro atoms. The van der Waals surface area contributed by atoms with Crippen LogP contribution in [0.2, 0.25) is 0 Å². The van der Waals surface area contributed by atoms with Crippen molar-refractivity contribution in [3.8, 4) is 0 Å². The highest BCUT2D eigenvalue weighted by Gasteiger charge is 2.17. The van der Waals surface area contributed by atoms with E-state index in [0.29, 0.717) is 23.6 Å². The second-order valence-electron chi connectivity index (χ2n) is 5.52. The summed E-state index contributed by atoms with van der Waals surface area (Å²) in [6.07, 6.45) is 0.0666. The molecule has 122 valence electrons. The van der Waals surface area contributed by atoms with E-state index in [1.165, 1.54) is 6.92 Å². The minimum atomic E-state index is -0.201. The van der Waals surface area contributed by atoms with Crippen molar-refractivity contribution < 1.29 is 14.0 Å². The average Bonchev–Trinajstić information content (AvgIpc) is 2.91. The third-order valence-electron chi connectivity index (χ3n) is 3.62. The number of hydrogen-bond acceptors (Lipinski definition) is 3. The zero-order valence-electron chi connectivity index (χ0n) is 13.3. The maximum Gasteiger partial charge on any atom is 0.227 e. The number of rotatable bonds is 5. The first kappa shape index (κ1) is 15.8. The fraction of sp³-hybridized carbons (Fsp3) is 0.158. The van der Waals surface area contributed by atoms with Crippen LogP contribution in [0, 0.1) is 0 Å². The maximum atomic E-state index is 12.2. The van der Waals surface area contributed by atoms with Gasteiger partial charge in [-0.3, -0.25) is 9.59 Å². The second-order valence-corrected chi connectivity index (χ2v) is 5.52. The quantitative estimate of drug-likeness (QED) is 0.757. The van der Waals surface area contributed by atoms with E-state index in [4.69, 9.17) is 4.42 Å². The fourth-order valence-corrected chi connectivity index (χ4v) is 2.54. The van der Waals surface area contributed by atoms with Crippen LogP contribution in [0.25, 0.3) is 11.0 Å². The van der Waals surface area contributed by atoms with Crippen LogP contribution >= 0.6 is 0 Å². The van der Waals surface area contributed by atoms with Gasteiger partial charge in [-0.2, -0.15) is 0 Å². The molecule has 0 saturated heterocycles. The molecule has 2 N–H and O–H groups in total. The Kier molecular flexibility index (Phi) is 4.61.